The Morgan fingerprint density at radius 2 is 1.94 bits per heavy atom. The summed E-state index contributed by atoms with van der Waals surface area (Å²) in [4.78, 5) is 5.14. The molecule has 17 heavy (non-hydrogen) atoms. The molecule has 1 saturated carbocycles. The highest BCUT2D eigenvalue weighted by atomic mass is 15.2. The molecule has 0 aromatic rings. The molecule has 0 bridgehead atoms. The van der Waals surface area contributed by atoms with Gasteiger partial charge in [-0.1, -0.05) is 6.42 Å². The lowest BCUT2D eigenvalue weighted by molar-refractivity contribution is 0.246. The quantitative estimate of drug-likeness (QED) is 0.800. The maximum absolute atomic E-state index is 3.49. The van der Waals surface area contributed by atoms with Crippen LogP contribution in [-0.4, -0.2) is 62.7 Å². The van der Waals surface area contributed by atoms with Gasteiger partial charge in [-0.3, -0.25) is 0 Å². The second-order valence-electron chi connectivity index (χ2n) is 5.87. The Bertz CT molecular complexity index is 220. The van der Waals surface area contributed by atoms with Crippen LogP contribution >= 0.6 is 0 Å². The lowest BCUT2D eigenvalue weighted by Crippen LogP contribution is -2.34. The molecule has 0 aromatic carbocycles. The van der Waals surface area contributed by atoms with Crippen molar-refractivity contribution >= 4 is 0 Å². The average molecular weight is 239 g/mol. The molecule has 2 rings (SSSR count). The van der Waals surface area contributed by atoms with Crippen molar-refractivity contribution in [3.05, 3.63) is 0 Å². The molecule has 0 radical (unpaired) electrons. The Morgan fingerprint density at radius 1 is 1.06 bits per heavy atom. The molecule has 3 heteroatoms. The third kappa shape index (κ3) is 3.94. The number of rotatable bonds is 4. The van der Waals surface area contributed by atoms with Crippen molar-refractivity contribution in [2.75, 3.05) is 46.8 Å². The molecule has 100 valence electrons. The molecule has 1 saturated heterocycles. The van der Waals surface area contributed by atoms with E-state index in [1.54, 1.807) is 0 Å². The van der Waals surface area contributed by atoms with E-state index in [4.69, 9.17) is 0 Å². The maximum atomic E-state index is 3.49. The molecule has 1 aliphatic carbocycles. The minimum Gasteiger partial charge on any atom is -0.317 e. The number of hydrogen-bond acceptors (Lipinski definition) is 3. The molecule has 1 heterocycles. The Kier molecular flexibility index (Phi) is 5.26. The number of nitrogens with zero attached hydrogens (tertiary/aromatic N) is 2. The summed E-state index contributed by atoms with van der Waals surface area (Å²) >= 11 is 0. The molecule has 2 unspecified atom stereocenters. The Hall–Kier alpha value is -0.120. The van der Waals surface area contributed by atoms with Crippen LogP contribution in [0.2, 0.25) is 0 Å². The molecule has 0 amide bonds. The molecule has 1 aliphatic heterocycles. The smallest absolute Gasteiger partial charge is 0.0109 e. The minimum atomic E-state index is 0.796. The van der Waals surface area contributed by atoms with Crippen LogP contribution in [0.5, 0.6) is 0 Å². The van der Waals surface area contributed by atoms with Crippen LogP contribution in [0.25, 0.3) is 0 Å². The van der Waals surface area contributed by atoms with Gasteiger partial charge in [0.25, 0.3) is 0 Å². The lowest BCUT2D eigenvalue weighted by Gasteiger charge is -2.24. The van der Waals surface area contributed by atoms with E-state index < -0.39 is 0 Å². The second kappa shape index (κ2) is 6.72. The molecule has 2 atom stereocenters. The first-order valence-corrected chi connectivity index (χ1v) is 7.38. The van der Waals surface area contributed by atoms with E-state index in [1.807, 2.05) is 0 Å². The first kappa shape index (κ1) is 13.3. The molecule has 2 aliphatic rings. The third-order valence-corrected chi connectivity index (χ3v) is 4.66. The van der Waals surface area contributed by atoms with Crippen LogP contribution in [-0.2, 0) is 0 Å². The van der Waals surface area contributed by atoms with Gasteiger partial charge >= 0.3 is 0 Å². The van der Waals surface area contributed by atoms with Crippen molar-refractivity contribution in [1.29, 1.82) is 0 Å². The highest BCUT2D eigenvalue weighted by Crippen LogP contribution is 2.28. The molecule has 1 N–H and O–H groups in total. The molecule has 3 nitrogen and oxygen atoms in total. The Balaban J connectivity index is 1.70. The lowest BCUT2D eigenvalue weighted by atomic mass is 9.99. The fraction of sp³-hybridized carbons (Fsp3) is 1.00. The van der Waals surface area contributed by atoms with Gasteiger partial charge < -0.3 is 15.1 Å². The summed E-state index contributed by atoms with van der Waals surface area (Å²) in [7, 11) is 4.38. The van der Waals surface area contributed by atoms with Crippen molar-refractivity contribution in [2.24, 2.45) is 5.92 Å². The summed E-state index contributed by atoms with van der Waals surface area (Å²) in [5.41, 5.74) is 0. The summed E-state index contributed by atoms with van der Waals surface area (Å²) in [6, 6.07) is 0.796. The standard InChI is InChI=1S/C14H29N3/c1-15-14-6-3-5-13(14)7-10-17-9-4-8-16(2)11-12-17/h13-15H,3-12H2,1-2H3. The van der Waals surface area contributed by atoms with Gasteiger partial charge in [0.2, 0.25) is 0 Å². The van der Waals surface area contributed by atoms with Crippen molar-refractivity contribution in [3.8, 4) is 0 Å². The third-order valence-electron chi connectivity index (χ3n) is 4.66. The fourth-order valence-corrected chi connectivity index (χ4v) is 3.43. The summed E-state index contributed by atoms with van der Waals surface area (Å²) in [6.45, 7) is 6.42. The summed E-state index contributed by atoms with van der Waals surface area (Å²) in [5.74, 6) is 0.931. The van der Waals surface area contributed by atoms with Gasteiger partial charge in [0, 0.05) is 19.1 Å². The zero-order valence-electron chi connectivity index (χ0n) is 11.6. The van der Waals surface area contributed by atoms with Crippen LogP contribution in [0.1, 0.15) is 32.1 Å². The van der Waals surface area contributed by atoms with E-state index >= 15 is 0 Å². The Labute approximate surface area is 107 Å². The largest absolute Gasteiger partial charge is 0.317 e. The first-order chi connectivity index (χ1) is 8.29. The Morgan fingerprint density at radius 3 is 2.76 bits per heavy atom. The van der Waals surface area contributed by atoms with Gasteiger partial charge in [0.1, 0.15) is 0 Å². The summed E-state index contributed by atoms with van der Waals surface area (Å²) in [6.07, 6.45) is 7.01. The average Bonchev–Trinajstić information content (AvgIpc) is 2.69. The molecule has 2 fully saturated rings. The summed E-state index contributed by atoms with van der Waals surface area (Å²) in [5, 5.41) is 3.49. The normalized spacial score (nSPS) is 32.8. The maximum Gasteiger partial charge on any atom is 0.0109 e. The van der Waals surface area contributed by atoms with Crippen LogP contribution in [0.3, 0.4) is 0 Å². The molecular formula is C14H29N3. The first-order valence-electron chi connectivity index (χ1n) is 7.38. The van der Waals surface area contributed by atoms with E-state index in [0.717, 1.165) is 12.0 Å². The van der Waals surface area contributed by atoms with Gasteiger partial charge in [0.05, 0.1) is 0 Å². The van der Waals surface area contributed by atoms with Crippen molar-refractivity contribution in [3.63, 3.8) is 0 Å². The van der Waals surface area contributed by atoms with Crippen LogP contribution in [0.15, 0.2) is 0 Å². The van der Waals surface area contributed by atoms with Gasteiger partial charge in [-0.2, -0.15) is 0 Å². The zero-order valence-corrected chi connectivity index (χ0v) is 11.6. The van der Waals surface area contributed by atoms with Crippen molar-refractivity contribution in [2.45, 2.75) is 38.1 Å². The number of nitrogens with one attached hydrogen (secondary N) is 1. The van der Waals surface area contributed by atoms with E-state index in [0.29, 0.717) is 0 Å². The number of likely N-dealkylation sites (N-methyl/N-ethyl adjacent to an activating group) is 1. The van der Waals surface area contributed by atoms with Gasteiger partial charge in [-0.15, -0.1) is 0 Å². The van der Waals surface area contributed by atoms with Crippen molar-refractivity contribution < 1.29 is 0 Å². The van der Waals surface area contributed by atoms with Gasteiger partial charge in [0.15, 0.2) is 0 Å². The van der Waals surface area contributed by atoms with Crippen LogP contribution in [0.4, 0.5) is 0 Å². The van der Waals surface area contributed by atoms with Gasteiger partial charge in [-0.05, 0) is 65.3 Å². The minimum absolute atomic E-state index is 0.796. The summed E-state index contributed by atoms with van der Waals surface area (Å²) < 4.78 is 0. The predicted molar refractivity (Wildman–Crippen MR) is 73.4 cm³/mol. The van der Waals surface area contributed by atoms with E-state index in [1.165, 1.54) is 64.8 Å². The van der Waals surface area contributed by atoms with Crippen LogP contribution in [0, 0.1) is 5.92 Å². The van der Waals surface area contributed by atoms with Crippen molar-refractivity contribution in [1.82, 2.24) is 15.1 Å². The highest BCUT2D eigenvalue weighted by Gasteiger charge is 2.26. The molecule has 0 spiro atoms. The molecular weight excluding hydrogens is 210 g/mol. The fourth-order valence-electron chi connectivity index (χ4n) is 3.43. The second-order valence-corrected chi connectivity index (χ2v) is 5.87. The van der Waals surface area contributed by atoms with Gasteiger partial charge in [-0.25, -0.2) is 0 Å². The van der Waals surface area contributed by atoms with E-state index in [9.17, 15) is 0 Å². The van der Waals surface area contributed by atoms with E-state index in [-0.39, 0.29) is 0 Å². The topological polar surface area (TPSA) is 18.5 Å². The van der Waals surface area contributed by atoms with E-state index in [2.05, 4.69) is 29.2 Å². The number of hydrogen-bond donors (Lipinski definition) is 1. The zero-order chi connectivity index (χ0) is 12.1. The monoisotopic (exact) mass is 239 g/mol. The van der Waals surface area contributed by atoms with Crippen LogP contribution < -0.4 is 5.32 Å². The highest BCUT2D eigenvalue weighted by molar-refractivity contribution is 4.83. The predicted octanol–water partition coefficient (Wildman–Crippen LogP) is 1.40. The molecule has 0 aromatic heterocycles. The SMILES string of the molecule is CNC1CCCC1CCN1CCCN(C)CC1.